The highest BCUT2D eigenvalue weighted by molar-refractivity contribution is 5.31. The van der Waals surface area contributed by atoms with E-state index in [0.717, 1.165) is 26.1 Å². The number of nitrogens with two attached hydrogens (primary N) is 1. The van der Waals surface area contributed by atoms with Crippen molar-refractivity contribution in [2.75, 3.05) is 18.8 Å². The maximum atomic E-state index is 5.89. The Morgan fingerprint density at radius 2 is 2.00 bits per heavy atom. The Balaban J connectivity index is 1.54. The molecule has 4 nitrogen and oxygen atoms in total. The molecule has 1 aliphatic heterocycles. The van der Waals surface area contributed by atoms with Crippen LogP contribution in [-0.4, -0.2) is 29.1 Å². The van der Waals surface area contributed by atoms with Crippen LogP contribution in [0.4, 0.5) is 5.82 Å². The molecular weight excluding hydrogens is 250 g/mol. The van der Waals surface area contributed by atoms with Gasteiger partial charge in [-0.3, -0.25) is 4.90 Å². The molecule has 0 saturated carbocycles. The molecule has 1 fully saturated rings. The molecule has 2 aromatic rings. The second-order valence-corrected chi connectivity index (χ2v) is 5.15. The average Bonchev–Trinajstić information content (AvgIpc) is 2.87. The molecule has 1 aromatic heterocycles. The molecule has 1 aromatic carbocycles. The first-order valence-corrected chi connectivity index (χ1v) is 6.95. The van der Waals surface area contributed by atoms with Gasteiger partial charge in [0.25, 0.3) is 0 Å². The summed E-state index contributed by atoms with van der Waals surface area (Å²) in [6, 6.07) is 16.0. The second kappa shape index (κ2) is 5.92. The molecule has 0 radical (unpaired) electrons. The van der Waals surface area contributed by atoms with E-state index in [1.165, 1.54) is 5.56 Å². The Morgan fingerprint density at radius 3 is 2.80 bits per heavy atom. The van der Waals surface area contributed by atoms with Crippen LogP contribution in [0.2, 0.25) is 0 Å². The van der Waals surface area contributed by atoms with Gasteiger partial charge in [-0.25, -0.2) is 0 Å². The molecule has 2 heterocycles. The number of ether oxygens (including phenoxy) is 1. The molecule has 104 valence electrons. The number of nitrogen functional groups attached to an aromatic ring is 1. The monoisotopic (exact) mass is 269 g/mol. The molecule has 0 bridgehead atoms. The lowest BCUT2D eigenvalue weighted by atomic mass is 10.2. The van der Waals surface area contributed by atoms with Gasteiger partial charge in [0.15, 0.2) is 0 Å². The lowest BCUT2D eigenvalue weighted by Gasteiger charge is -2.16. The molecule has 2 N–H and O–H groups in total. The predicted octanol–water partition coefficient (Wildman–Crippen LogP) is 2.32. The Kier molecular flexibility index (Phi) is 3.83. The zero-order valence-electron chi connectivity index (χ0n) is 11.4. The number of rotatable bonds is 4. The van der Waals surface area contributed by atoms with Gasteiger partial charge < -0.3 is 10.5 Å². The minimum Gasteiger partial charge on any atom is -0.473 e. The van der Waals surface area contributed by atoms with Crippen molar-refractivity contribution in [3.05, 3.63) is 54.1 Å². The van der Waals surface area contributed by atoms with Gasteiger partial charge in [-0.2, -0.15) is 4.98 Å². The van der Waals surface area contributed by atoms with E-state index in [-0.39, 0.29) is 6.10 Å². The van der Waals surface area contributed by atoms with E-state index in [1.54, 1.807) is 6.07 Å². The minimum atomic E-state index is 0.202. The van der Waals surface area contributed by atoms with Gasteiger partial charge in [-0.15, -0.1) is 0 Å². The summed E-state index contributed by atoms with van der Waals surface area (Å²) in [5.74, 6) is 1.12. The Bertz CT molecular complexity index is 559. The third kappa shape index (κ3) is 3.27. The van der Waals surface area contributed by atoms with E-state index < -0.39 is 0 Å². The fraction of sp³-hybridized carbons (Fsp3) is 0.312. The number of anilines is 1. The summed E-state index contributed by atoms with van der Waals surface area (Å²) in [6.07, 6.45) is 1.23. The van der Waals surface area contributed by atoms with Crippen LogP contribution in [0.25, 0.3) is 0 Å². The molecule has 1 aliphatic rings. The van der Waals surface area contributed by atoms with Gasteiger partial charge >= 0.3 is 0 Å². The topological polar surface area (TPSA) is 51.4 Å². The normalized spacial score (nSPS) is 19.1. The van der Waals surface area contributed by atoms with Gasteiger partial charge in [-0.1, -0.05) is 36.4 Å². The number of hydrogen-bond acceptors (Lipinski definition) is 4. The quantitative estimate of drug-likeness (QED) is 0.925. The van der Waals surface area contributed by atoms with E-state index in [0.29, 0.717) is 11.7 Å². The van der Waals surface area contributed by atoms with Crippen LogP contribution in [0, 0.1) is 0 Å². The number of benzene rings is 1. The van der Waals surface area contributed by atoms with Crippen LogP contribution in [-0.2, 0) is 6.54 Å². The second-order valence-electron chi connectivity index (χ2n) is 5.15. The molecule has 3 rings (SSSR count). The smallest absolute Gasteiger partial charge is 0.215 e. The zero-order chi connectivity index (χ0) is 13.8. The van der Waals surface area contributed by atoms with Crippen LogP contribution < -0.4 is 10.5 Å². The van der Waals surface area contributed by atoms with Crippen molar-refractivity contribution >= 4 is 5.82 Å². The largest absolute Gasteiger partial charge is 0.473 e. The van der Waals surface area contributed by atoms with Crippen LogP contribution >= 0.6 is 0 Å². The van der Waals surface area contributed by atoms with Crippen LogP contribution in [0.15, 0.2) is 48.5 Å². The first-order valence-electron chi connectivity index (χ1n) is 6.95. The number of pyridine rings is 1. The summed E-state index contributed by atoms with van der Waals surface area (Å²) in [5, 5.41) is 0. The highest BCUT2D eigenvalue weighted by atomic mass is 16.5. The first kappa shape index (κ1) is 12.9. The lowest BCUT2D eigenvalue weighted by molar-refractivity contribution is 0.191. The first-order chi connectivity index (χ1) is 9.79. The number of likely N-dealkylation sites (tertiary alicyclic amines) is 1. The Labute approximate surface area is 119 Å². The van der Waals surface area contributed by atoms with Gasteiger partial charge in [-0.05, 0) is 18.1 Å². The molecule has 1 unspecified atom stereocenters. The van der Waals surface area contributed by atoms with Crippen molar-refractivity contribution in [2.45, 2.75) is 19.1 Å². The fourth-order valence-corrected chi connectivity index (χ4v) is 2.55. The third-order valence-electron chi connectivity index (χ3n) is 3.51. The Morgan fingerprint density at radius 1 is 1.15 bits per heavy atom. The lowest BCUT2D eigenvalue weighted by Crippen LogP contribution is -2.24. The van der Waals surface area contributed by atoms with E-state index in [1.807, 2.05) is 18.2 Å². The zero-order valence-corrected chi connectivity index (χ0v) is 11.4. The maximum absolute atomic E-state index is 5.89. The van der Waals surface area contributed by atoms with E-state index in [9.17, 15) is 0 Å². The van der Waals surface area contributed by atoms with Crippen LogP contribution in [0.5, 0.6) is 5.88 Å². The van der Waals surface area contributed by atoms with Gasteiger partial charge in [0.05, 0.1) is 0 Å². The summed E-state index contributed by atoms with van der Waals surface area (Å²) < 4.78 is 5.89. The van der Waals surface area contributed by atoms with Crippen molar-refractivity contribution in [1.82, 2.24) is 9.88 Å². The number of aromatic nitrogens is 1. The van der Waals surface area contributed by atoms with Crippen molar-refractivity contribution in [3.63, 3.8) is 0 Å². The fourth-order valence-electron chi connectivity index (χ4n) is 2.55. The molecule has 0 spiro atoms. The molecule has 0 aliphatic carbocycles. The van der Waals surface area contributed by atoms with E-state index >= 15 is 0 Å². The van der Waals surface area contributed by atoms with E-state index in [4.69, 9.17) is 10.5 Å². The van der Waals surface area contributed by atoms with Gasteiger partial charge in [0.2, 0.25) is 5.88 Å². The highest BCUT2D eigenvalue weighted by Gasteiger charge is 2.24. The molecule has 20 heavy (non-hydrogen) atoms. The van der Waals surface area contributed by atoms with E-state index in [2.05, 4.69) is 34.1 Å². The predicted molar refractivity (Wildman–Crippen MR) is 79.4 cm³/mol. The molecule has 1 saturated heterocycles. The summed E-state index contributed by atoms with van der Waals surface area (Å²) in [4.78, 5) is 6.59. The minimum absolute atomic E-state index is 0.202. The van der Waals surface area contributed by atoms with Gasteiger partial charge in [0, 0.05) is 25.7 Å². The Hall–Kier alpha value is -2.07. The summed E-state index contributed by atoms with van der Waals surface area (Å²) in [6.45, 7) is 2.97. The summed E-state index contributed by atoms with van der Waals surface area (Å²) in [5.41, 5.74) is 7.00. The standard InChI is InChI=1S/C16H19N3O/c17-15-7-4-8-16(18-15)20-14-9-10-19(12-14)11-13-5-2-1-3-6-13/h1-8,14H,9-12H2,(H2,17,18). The third-order valence-corrected chi connectivity index (χ3v) is 3.51. The maximum Gasteiger partial charge on any atom is 0.215 e. The highest BCUT2D eigenvalue weighted by Crippen LogP contribution is 2.19. The van der Waals surface area contributed by atoms with Crippen LogP contribution in [0.1, 0.15) is 12.0 Å². The van der Waals surface area contributed by atoms with Crippen molar-refractivity contribution < 1.29 is 4.74 Å². The van der Waals surface area contributed by atoms with Crippen molar-refractivity contribution in [2.24, 2.45) is 0 Å². The molecular formula is C16H19N3O. The SMILES string of the molecule is Nc1cccc(OC2CCN(Cc3ccccc3)C2)n1. The number of hydrogen-bond donors (Lipinski definition) is 1. The molecule has 0 amide bonds. The number of nitrogens with zero attached hydrogens (tertiary/aromatic N) is 2. The van der Waals surface area contributed by atoms with Crippen molar-refractivity contribution in [3.8, 4) is 5.88 Å². The average molecular weight is 269 g/mol. The van der Waals surface area contributed by atoms with Crippen molar-refractivity contribution in [1.29, 1.82) is 0 Å². The van der Waals surface area contributed by atoms with Crippen LogP contribution in [0.3, 0.4) is 0 Å². The summed E-state index contributed by atoms with van der Waals surface area (Å²) in [7, 11) is 0. The molecule has 1 atom stereocenters. The molecule has 4 heteroatoms. The summed E-state index contributed by atoms with van der Waals surface area (Å²) >= 11 is 0. The van der Waals surface area contributed by atoms with Gasteiger partial charge in [0.1, 0.15) is 11.9 Å².